The van der Waals surface area contributed by atoms with Crippen molar-refractivity contribution >= 4 is 13.7 Å². The molecule has 0 aromatic heterocycles. The van der Waals surface area contributed by atoms with Gasteiger partial charge in [-0.2, -0.15) is 0 Å². The summed E-state index contributed by atoms with van der Waals surface area (Å²) in [5.41, 5.74) is 0. The second-order valence-corrected chi connectivity index (χ2v) is 18.9. The Morgan fingerprint density at radius 1 is 0.529 bits per heavy atom. The van der Waals surface area contributed by atoms with E-state index in [1.165, 1.54) is 0 Å². The molecule has 9 heteroatoms. The first-order valence-corrected chi connectivity index (χ1v) is 27.0. The number of aliphatic hydroxyl groups is 1. The molecule has 0 bridgehead atoms. The van der Waals surface area contributed by atoms with Crippen LogP contribution in [0.15, 0.2) is 170 Å². The highest BCUT2D eigenvalue weighted by Gasteiger charge is 2.27. The maximum Gasteiger partial charge on any atom is 0.472 e. The number of carbonyl (C=O) groups is 1. The Hall–Kier alpha value is -4.14. The predicted octanol–water partition coefficient (Wildman–Crippen LogP) is 15.3. The number of carbonyl (C=O) groups excluding carboxylic acids is 1. The van der Waals surface area contributed by atoms with Crippen molar-refractivity contribution in [3.63, 3.8) is 0 Å². The van der Waals surface area contributed by atoms with Gasteiger partial charge in [-0.15, -0.1) is 0 Å². The van der Waals surface area contributed by atoms with Crippen molar-refractivity contribution in [1.29, 1.82) is 0 Å². The lowest BCUT2D eigenvalue weighted by Crippen LogP contribution is -2.45. The van der Waals surface area contributed by atoms with Crippen LogP contribution in [-0.4, -0.2) is 73.4 Å². The van der Waals surface area contributed by atoms with Gasteiger partial charge in [0.25, 0.3) is 0 Å². The number of rotatable bonds is 43. The minimum Gasteiger partial charge on any atom is -0.387 e. The topological polar surface area (TPSA) is 105 Å². The Labute approximate surface area is 415 Å². The second-order valence-electron chi connectivity index (χ2n) is 17.4. The minimum absolute atomic E-state index is 0.0360. The molecule has 3 unspecified atom stereocenters. The highest BCUT2D eigenvalue weighted by atomic mass is 31.2. The molecule has 0 heterocycles. The Morgan fingerprint density at radius 3 is 1.32 bits per heavy atom. The van der Waals surface area contributed by atoms with E-state index >= 15 is 0 Å². The quantitative estimate of drug-likeness (QED) is 0.0243. The van der Waals surface area contributed by atoms with Crippen LogP contribution < -0.4 is 5.32 Å². The highest BCUT2D eigenvalue weighted by Crippen LogP contribution is 2.43. The summed E-state index contributed by atoms with van der Waals surface area (Å²) in [6.07, 6.45) is 77.7. The summed E-state index contributed by atoms with van der Waals surface area (Å²) < 4.78 is 23.5. The molecule has 0 aromatic rings. The summed E-state index contributed by atoms with van der Waals surface area (Å²) in [6, 6.07) is -0.899. The molecular weight excluding hydrogens is 864 g/mol. The van der Waals surface area contributed by atoms with E-state index in [-0.39, 0.29) is 19.1 Å². The summed E-state index contributed by atoms with van der Waals surface area (Å²) in [4.78, 5) is 23.1. The van der Waals surface area contributed by atoms with E-state index in [1.54, 1.807) is 6.08 Å². The highest BCUT2D eigenvalue weighted by molar-refractivity contribution is 7.47. The van der Waals surface area contributed by atoms with Crippen LogP contribution in [0.4, 0.5) is 0 Å². The third kappa shape index (κ3) is 49.8. The van der Waals surface area contributed by atoms with Crippen molar-refractivity contribution in [3.05, 3.63) is 170 Å². The number of nitrogens with zero attached hydrogens (tertiary/aromatic N) is 1. The zero-order chi connectivity index (χ0) is 49.9. The molecule has 0 aliphatic carbocycles. The smallest absolute Gasteiger partial charge is 0.387 e. The monoisotopic (exact) mass is 958 g/mol. The molecule has 0 saturated heterocycles. The van der Waals surface area contributed by atoms with Crippen molar-refractivity contribution in [2.24, 2.45) is 0 Å². The van der Waals surface area contributed by atoms with Gasteiger partial charge in [0.05, 0.1) is 39.9 Å². The molecule has 0 radical (unpaired) electrons. The van der Waals surface area contributed by atoms with Gasteiger partial charge in [0, 0.05) is 6.42 Å². The summed E-state index contributed by atoms with van der Waals surface area (Å²) >= 11 is 0. The first-order valence-electron chi connectivity index (χ1n) is 25.5. The molecule has 1 amide bonds. The lowest BCUT2D eigenvalue weighted by Gasteiger charge is -2.25. The van der Waals surface area contributed by atoms with Crippen LogP contribution in [0.2, 0.25) is 0 Å². The Bertz CT molecular complexity index is 1700. The zero-order valence-electron chi connectivity index (χ0n) is 43.0. The van der Waals surface area contributed by atoms with Crippen LogP contribution >= 0.6 is 7.82 Å². The maximum absolute atomic E-state index is 12.9. The number of unbranched alkanes of at least 4 members (excludes halogenated alkanes) is 5. The van der Waals surface area contributed by atoms with Crippen molar-refractivity contribution < 1.29 is 32.9 Å². The summed E-state index contributed by atoms with van der Waals surface area (Å²) in [5.74, 6) is -0.236. The van der Waals surface area contributed by atoms with Crippen LogP contribution in [0.3, 0.4) is 0 Å². The van der Waals surface area contributed by atoms with Crippen molar-refractivity contribution in [2.45, 2.75) is 154 Å². The predicted molar refractivity (Wildman–Crippen MR) is 294 cm³/mol. The first-order chi connectivity index (χ1) is 33.0. The molecule has 3 N–H and O–H groups in total. The third-order valence-electron chi connectivity index (χ3n) is 9.99. The molecule has 0 rings (SSSR count). The van der Waals surface area contributed by atoms with Gasteiger partial charge < -0.3 is 19.8 Å². The average molecular weight is 958 g/mol. The van der Waals surface area contributed by atoms with E-state index in [0.29, 0.717) is 23.9 Å². The van der Waals surface area contributed by atoms with Gasteiger partial charge in [-0.3, -0.25) is 13.8 Å². The van der Waals surface area contributed by atoms with Gasteiger partial charge in [-0.1, -0.05) is 183 Å². The van der Waals surface area contributed by atoms with Crippen LogP contribution in [-0.2, 0) is 18.4 Å². The molecule has 380 valence electrons. The standard InChI is InChI=1S/C59H93N2O6P/c1-6-8-10-12-14-16-17-18-19-20-21-22-23-24-25-26-27-28-29-30-31-32-33-34-35-36-37-38-39-40-41-42-43-45-47-49-51-53-59(63)60-57(56-67-68(64,65)66-55-54-61(3,4)5)58(62)52-50-48-46-44-15-13-11-9-7-2/h7-10,14-16,18-19,21-22,24-25,27-28,30-31,33-34,36-37,39-40,42-44,50,52,57-58,62H,6,11-13,17,20,23,26,29,32,35,38,41,45-49,51,53-56H2,1-5H3,(H-,60,63,64,65)/p+1/b9-7+,10-8-,16-14-,19-18-,22-21-,25-24-,28-27-,31-30-,34-33-,37-36-,40-39-,43-42-,44-15+,52-50+. The summed E-state index contributed by atoms with van der Waals surface area (Å²) in [6.45, 7) is 4.36. The molecule has 0 spiro atoms. The normalized spacial score (nSPS) is 15.5. The number of nitrogens with one attached hydrogen (secondary N) is 1. The number of aliphatic hydroxyl groups excluding tert-OH is 1. The van der Waals surface area contributed by atoms with Crippen molar-refractivity contribution in [1.82, 2.24) is 5.32 Å². The van der Waals surface area contributed by atoms with Gasteiger partial charge in [-0.05, 0) is 122 Å². The second kappa shape index (κ2) is 47.9. The van der Waals surface area contributed by atoms with Crippen LogP contribution in [0.1, 0.15) is 142 Å². The molecule has 3 atom stereocenters. The van der Waals surface area contributed by atoms with Crippen molar-refractivity contribution in [2.75, 3.05) is 40.9 Å². The van der Waals surface area contributed by atoms with Crippen LogP contribution in [0.5, 0.6) is 0 Å². The van der Waals surface area contributed by atoms with E-state index < -0.39 is 20.0 Å². The van der Waals surface area contributed by atoms with E-state index in [1.807, 2.05) is 40.2 Å². The largest absolute Gasteiger partial charge is 0.472 e. The van der Waals surface area contributed by atoms with Crippen LogP contribution in [0.25, 0.3) is 0 Å². The van der Waals surface area contributed by atoms with E-state index in [9.17, 15) is 19.4 Å². The number of phosphoric acid groups is 1. The Balaban J connectivity index is 4.23. The first kappa shape index (κ1) is 63.9. The SMILES string of the molecule is C/C=C/CC/C=C/CC/C=C/C(O)C(COP(=O)(O)OCC[N+](C)(C)C)NC(=O)CCCCC/C=C\C/C=C\C/C=C\C/C=C\C/C=C\C/C=C\C/C=C\C/C=C\C/C=C\C/C=C\C/C=C\CC. The molecule has 0 aliphatic heterocycles. The van der Waals surface area contributed by atoms with Gasteiger partial charge in [-0.25, -0.2) is 4.57 Å². The number of quaternary nitrogens is 1. The maximum atomic E-state index is 12.9. The Kier molecular flexibility index (Phi) is 45.0. The van der Waals surface area contributed by atoms with Gasteiger partial charge in [0.1, 0.15) is 13.2 Å². The molecular formula is C59H94N2O6P+. The number of likely N-dealkylation sites (N-methyl/N-ethyl adjacent to an activating group) is 1. The lowest BCUT2D eigenvalue weighted by molar-refractivity contribution is -0.870. The zero-order valence-corrected chi connectivity index (χ0v) is 43.9. The average Bonchev–Trinajstić information content (AvgIpc) is 3.30. The molecule has 0 saturated carbocycles. The summed E-state index contributed by atoms with van der Waals surface area (Å²) in [5, 5.41) is 13.7. The van der Waals surface area contributed by atoms with E-state index in [2.05, 4.69) is 164 Å². The number of allylic oxidation sites excluding steroid dienone is 27. The molecule has 0 aliphatic rings. The van der Waals surface area contributed by atoms with E-state index in [0.717, 1.165) is 116 Å². The number of hydrogen-bond acceptors (Lipinski definition) is 5. The molecule has 8 nitrogen and oxygen atoms in total. The minimum atomic E-state index is -4.37. The summed E-state index contributed by atoms with van der Waals surface area (Å²) in [7, 11) is 1.49. The Morgan fingerprint density at radius 2 is 0.912 bits per heavy atom. The number of amides is 1. The van der Waals surface area contributed by atoms with E-state index in [4.69, 9.17) is 9.05 Å². The fraction of sp³-hybridized carbons (Fsp3) is 0.508. The number of phosphoric ester groups is 1. The van der Waals surface area contributed by atoms with Crippen LogP contribution in [0, 0.1) is 0 Å². The molecule has 0 fully saturated rings. The molecule has 0 aromatic carbocycles. The van der Waals surface area contributed by atoms with Crippen molar-refractivity contribution in [3.8, 4) is 0 Å². The fourth-order valence-corrected chi connectivity index (χ4v) is 6.76. The number of hydrogen-bond donors (Lipinski definition) is 3. The molecule has 68 heavy (non-hydrogen) atoms. The fourth-order valence-electron chi connectivity index (χ4n) is 6.02. The third-order valence-corrected chi connectivity index (χ3v) is 11.0. The van der Waals surface area contributed by atoms with Gasteiger partial charge >= 0.3 is 7.82 Å². The lowest BCUT2D eigenvalue weighted by atomic mass is 10.1. The van der Waals surface area contributed by atoms with Gasteiger partial charge in [0.15, 0.2) is 0 Å². The van der Waals surface area contributed by atoms with Gasteiger partial charge in [0.2, 0.25) is 5.91 Å².